The average molecular weight is 290 g/mol. The van der Waals surface area contributed by atoms with Crippen molar-refractivity contribution in [3.63, 3.8) is 0 Å². The Hall–Kier alpha value is 0.254. The molecule has 0 aromatic heterocycles. The van der Waals surface area contributed by atoms with E-state index in [9.17, 15) is 0 Å². The van der Waals surface area contributed by atoms with Crippen LogP contribution in [0.3, 0.4) is 0 Å². The Bertz CT molecular complexity index is 323. The van der Waals surface area contributed by atoms with Crippen molar-refractivity contribution in [1.82, 2.24) is 0 Å². The van der Waals surface area contributed by atoms with Crippen molar-refractivity contribution in [1.29, 1.82) is 0 Å². The first-order valence-electron chi connectivity index (χ1n) is 5.10. The molecule has 0 heterocycles. The van der Waals surface area contributed by atoms with Crippen LogP contribution in [-0.4, -0.2) is 0 Å². The standard InChI is InChI=1S/C13H15.2ClH.Ti/c1-2-3-6-11-9-10-12-7-4-5-8-13(11)12;;;/h4-5,7-8,10-11H,2-3,6H2,1H3;2*1H;/q-1;;;+3/p-2. The number of allylic oxidation sites excluding steroid dienone is 1. The van der Waals surface area contributed by atoms with Crippen LogP contribution in [0.1, 0.15) is 43.2 Å². The second kappa shape index (κ2) is 9.30. The fourth-order valence-corrected chi connectivity index (χ4v) is 1.89. The summed E-state index contributed by atoms with van der Waals surface area (Å²) in [4.78, 5) is 0. The van der Waals surface area contributed by atoms with Gasteiger partial charge in [-0.1, -0.05) is 50.3 Å². The molecule has 1 radical (unpaired) electrons. The molecular formula is C13H15Cl2Ti. The first-order valence-corrected chi connectivity index (χ1v) is 5.10. The number of benzene rings is 1. The molecule has 0 saturated heterocycles. The number of rotatable bonds is 3. The Morgan fingerprint density at radius 1 is 1.19 bits per heavy atom. The third kappa shape index (κ3) is 4.26. The van der Waals surface area contributed by atoms with Crippen molar-refractivity contribution in [2.75, 3.05) is 0 Å². The molecule has 0 fully saturated rings. The molecule has 16 heavy (non-hydrogen) atoms. The van der Waals surface area contributed by atoms with Crippen LogP contribution in [0, 0.1) is 6.08 Å². The zero-order valence-corrected chi connectivity index (χ0v) is 12.4. The molecule has 1 unspecified atom stereocenters. The van der Waals surface area contributed by atoms with E-state index in [1.165, 1.54) is 30.4 Å². The van der Waals surface area contributed by atoms with Gasteiger partial charge in [-0.15, -0.1) is 11.6 Å². The molecule has 1 aliphatic rings. The molecule has 85 valence electrons. The summed E-state index contributed by atoms with van der Waals surface area (Å²) >= 11 is 0. The van der Waals surface area contributed by atoms with Crippen molar-refractivity contribution < 1.29 is 46.5 Å². The fourth-order valence-electron chi connectivity index (χ4n) is 1.89. The second-order valence-corrected chi connectivity index (χ2v) is 3.63. The van der Waals surface area contributed by atoms with Crippen LogP contribution in [0.15, 0.2) is 24.3 Å². The molecule has 0 bridgehead atoms. The number of fused-ring (bicyclic) bond motifs is 1. The molecule has 1 aromatic carbocycles. The monoisotopic (exact) mass is 289 g/mol. The molecule has 0 aliphatic heterocycles. The first kappa shape index (κ1) is 18.6. The summed E-state index contributed by atoms with van der Waals surface area (Å²) in [5.41, 5.74) is 2.83. The van der Waals surface area contributed by atoms with Gasteiger partial charge in [-0.3, -0.25) is 6.08 Å². The average Bonchev–Trinajstić information content (AvgIpc) is 2.58. The molecule has 1 aliphatic carbocycles. The molecule has 0 N–H and O–H groups in total. The van der Waals surface area contributed by atoms with Gasteiger partial charge in [0.1, 0.15) is 0 Å². The number of hydrogen-bond acceptors (Lipinski definition) is 0. The minimum atomic E-state index is 0. The summed E-state index contributed by atoms with van der Waals surface area (Å²) in [7, 11) is 0. The molecule has 1 aromatic rings. The summed E-state index contributed by atoms with van der Waals surface area (Å²) in [6.07, 6.45) is 9.40. The third-order valence-electron chi connectivity index (χ3n) is 2.66. The fraction of sp³-hybridized carbons (Fsp3) is 0.385. The Kier molecular flexibility index (Phi) is 10.8. The molecule has 2 rings (SSSR count). The van der Waals surface area contributed by atoms with Gasteiger partial charge in [-0.05, 0) is 0 Å². The minimum absolute atomic E-state index is 0. The van der Waals surface area contributed by atoms with E-state index in [1.54, 1.807) is 0 Å². The van der Waals surface area contributed by atoms with Crippen LogP contribution < -0.4 is 24.8 Å². The molecule has 0 spiro atoms. The number of hydrogen-bond donors (Lipinski definition) is 0. The van der Waals surface area contributed by atoms with Crippen LogP contribution in [0.2, 0.25) is 0 Å². The van der Waals surface area contributed by atoms with Gasteiger partial charge in [0, 0.05) is 0 Å². The predicted octanol–water partition coefficient (Wildman–Crippen LogP) is -2.20. The van der Waals surface area contributed by atoms with Crippen molar-refractivity contribution in [3.8, 4) is 0 Å². The van der Waals surface area contributed by atoms with E-state index in [1.807, 2.05) is 0 Å². The van der Waals surface area contributed by atoms with Crippen LogP contribution in [-0.2, 0) is 21.7 Å². The maximum Gasteiger partial charge on any atom is 3.00 e. The van der Waals surface area contributed by atoms with Crippen molar-refractivity contribution in [2.24, 2.45) is 0 Å². The van der Waals surface area contributed by atoms with Gasteiger partial charge < -0.3 is 24.8 Å². The van der Waals surface area contributed by atoms with Crippen LogP contribution in [0.5, 0.6) is 0 Å². The van der Waals surface area contributed by atoms with Gasteiger partial charge in [-0.2, -0.15) is 5.56 Å². The van der Waals surface area contributed by atoms with Gasteiger partial charge >= 0.3 is 21.7 Å². The Morgan fingerprint density at radius 3 is 2.56 bits per heavy atom. The Labute approximate surface area is 126 Å². The van der Waals surface area contributed by atoms with E-state index in [4.69, 9.17) is 0 Å². The molecule has 0 nitrogen and oxygen atoms in total. The molecule has 3 heteroatoms. The van der Waals surface area contributed by atoms with Crippen LogP contribution in [0.4, 0.5) is 0 Å². The third-order valence-corrected chi connectivity index (χ3v) is 2.66. The quantitative estimate of drug-likeness (QED) is 0.438. The van der Waals surface area contributed by atoms with Crippen molar-refractivity contribution >= 4 is 6.08 Å². The normalized spacial score (nSPS) is 15.4. The summed E-state index contributed by atoms with van der Waals surface area (Å²) in [6.45, 7) is 2.24. The van der Waals surface area contributed by atoms with E-state index >= 15 is 0 Å². The minimum Gasteiger partial charge on any atom is -1.00 e. The van der Waals surface area contributed by atoms with Gasteiger partial charge in [0.15, 0.2) is 0 Å². The van der Waals surface area contributed by atoms with E-state index in [2.05, 4.69) is 43.3 Å². The smallest absolute Gasteiger partial charge is 1.00 e. The largest absolute Gasteiger partial charge is 3.00 e. The summed E-state index contributed by atoms with van der Waals surface area (Å²) < 4.78 is 0. The SMILES string of the molecule is CCCCC1[C-]=Cc2ccccc21.[Cl-].[Cl-].[Ti+3]. The van der Waals surface area contributed by atoms with E-state index in [0.717, 1.165) is 0 Å². The van der Waals surface area contributed by atoms with Crippen LogP contribution in [0.25, 0.3) is 6.08 Å². The maximum absolute atomic E-state index is 3.43. The van der Waals surface area contributed by atoms with Gasteiger partial charge in [0.2, 0.25) is 0 Å². The topological polar surface area (TPSA) is 0 Å². The van der Waals surface area contributed by atoms with Crippen LogP contribution >= 0.6 is 0 Å². The van der Waals surface area contributed by atoms with Gasteiger partial charge in [0.05, 0.1) is 0 Å². The van der Waals surface area contributed by atoms with E-state index < -0.39 is 0 Å². The maximum atomic E-state index is 3.43. The molecular weight excluding hydrogens is 275 g/mol. The predicted molar refractivity (Wildman–Crippen MR) is 56.4 cm³/mol. The zero-order chi connectivity index (χ0) is 9.10. The Balaban J connectivity index is 0. The first-order chi connectivity index (χ1) is 6.42. The van der Waals surface area contributed by atoms with E-state index in [-0.39, 0.29) is 46.5 Å². The van der Waals surface area contributed by atoms with Crippen molar-refractivity contribution in [3.05, 3.63) is 41.5 Å². The summed E-state index contributed by atoms with van der Waals surface area (Å²) in [6, 6.07) is 8.62. The van der Waals surface area contributed by atoms with Gasteiger partial charge in [-0.25, -0.2) is 6.08 Å². The number of halogens is 2. The number of unbranched alkanes of at least 4 members (excludes halogenated alkanes) is 1. The van der Waals surface area contributed by atoms with Gasteiger partial charge in [0.25, 0.3) is 0 Å². The molecule has 0 amide bonds. The second-order valence-electron chi connectivity index (χ2n) is 3.63. The summed E-state index contributed by atoms with van der Waals surface area (Å²) in [5.74, 6) is 0.566. The van der Waals surface area contributed by atoms with E-state index in [0.29, 0.717) is 5.92 Å². The molecule has 1 atom stereocenters. The zero-order valence-electron chi connectivity index (χ0n) is 9.34. The van der Waals surface area contributed by atoms with Crippen molar-refractivity contribution in [2.45, 2.75) is 32.1 Å². The molecule has 0 saturated carbocycles. The Morgan fingerprint density at radius 2 is 1.88 bits per heavy atom. The summed E-state index contributed by atoms with van der Waals surface area (Å²) in [5, 5.41) is 0.